The summed E-state index contributed by atoms with van der Waals surface area (Å²) in [5.41, 5.74) is 1.36. The summed E-state index contributed by atoms with van der Waals surface area (Å²) in [6.45, 7) is 3.71. The standard InChI is InChI=1S/C18H21NO3/c1-12-6-5-7-14(20)15(12)16(21)18(2)10-8-13(9-11-18)17(19-3)22-4/h5-10,20H,11H2,1-4H3/b19-17+. The highest BCUT2D eigenvalue weighted by Crippen LogP contribution is 2.36. The maximum Gasteiger partial charge on any atom is 0.215 e. The van der Waals surface area contributed by atoms with Gasteiger partial charge in [0.15, 0.2) is 5.78 Å². The van der Waals surface area contributed by atoms with E-state index in [4.69, 9.17) is 4.74 Å². The zero-order valence-corrected chi connectivity index (χ0v) is 13.4. The molecule has 1 atom stereocenters. The van der Waals surface area contributed by atoms with Crippen molar-refractivity contribution in [2.75, 3.05) is 14.2 Å². The lowest BCUT2D eigenvalue weighted by atomic mass is 9.75. The topological polar surface area (TPSA) is 58.9 Å². The van der Waals surface area contributed by atoms with Gasteiger partial charge in [0, 0.05) is 12.6 Å². The predicted octanol–water partition coefficient (Wildman–Crippen LogP) is 3.45. The lowest BCUT2D eigenvalue weighted by Gasteiger charge is -2.27. The fourth-order valence-electron chi connectivity index (χ4n) is 2.63. The molecule has 22 heavy (non-hydrogen) atoms. The number of ether oxygens (including phenoxy) is 1. The largest absolute Gasteiger partial charge is 0.507 e. The number of hydrogen-bond acceptors (Lipinski definition) is 4. The van der Waals surface area contributed by atoms with Crippen LogP contribution in [-0.4, -0.2) is 30.9 Å². The molecule has 4 heteroatoms. The smallest absolute Gasteiger partial charge is 0.215 e. The second-order valence-electron chi connectivity index (χ2n) is 5.65. The van der Waals surface area contributed by atoms with Crippen molar-refractivity contribution in [3.63, 3.8) is 0 Å². The SMILES string of the molecule is C/N=C(/OC)C1=CCC(C)(C(=O)c2c(C)cccc2O)C=C1. The number of carbonyl (C=O) groups excluding carboxylic acids is 1. The number of phenols is 1. The highest BCUT2D eigenvalue weighted by Gasteiger charge is 2.34. The number of benzene rings is 1. The van der Waals surface area contributed by atoms with Gasteiger partial charge in [-0.2, -0.15) is 0 Å². The van der Waals surface area contributed by atoms with Crippen LogP contribution >= 0.6 is 0 Å². The van der Waals surface area contributed by atoms with Gasteiger partial charge in [0.05, 0.1) is 18.1 Å². The molecule has 0 bridgehead atoms. The number of hydrogen-bond donors (Lipinski definition) is 1. The maximum absolute atomic E-state index is 12.9. The Morgan fingerprint density at radius 2 is 2.14 bits per heavy atom. The number of methoxy groups -OCH3 is 1. The molecule has 1 unspecified atom stereocenters. The number of phenolic OH excluding ortho intramolecular Hbond substituents is 1. The van der Waals surface area contributed by atoms with Crippen molar-refractivity contribution in [2.45, 2.75) is 20.3 Å². The Morgan fingerprint density at radius 3 is 2.64 bits per heavy atom. The fraction of sp³-hybridized carbons (Fsp3) is 0.333. The van der Waals surface area contributed by atoms with Crippen LogP contribution in [0.25, 0.3) is 0 Å². The summed E-state index contributed by atoms with van der Waals surface area (Å²) >= 11 is 0. The lowest BCUT2D eigenvalue weighted by Crippen LogP contribution is -2.28. The molecule has 116 valence electrons. The van der Waals surface area contributed by atoms with Crippen LogP contribution in [0.1, 0.15) is 29.3 Å². The fourth-order valence-corrected chi connectivity index (χ4v) is 2.63. The quantitative estimate of drug-likeness (QED) is 0.528. The molecule has 1 aliphatic carbocycles. The van der Waals surface area contributed by atoms with Crippen LogP contribution in [-0.2, 0) is 4.74 Å². The summed E-state index contributed by atoms with van der Waals surface area (Å²) < 4.78 is 5.20. The van der Waals surface area contributed by atoms with Gasteiger partial charge in [-0.05, 0) is 31.9 Å². The number of aryl methyl sites for hydroxylation is 1. The van der Waals surface area contributed by atoms with E-state index >= 15 is 0 Å². The van der Waals surface area contributed by atoms with Crippen LogP contribution in [0, 0.1) is 12.3 Å². The monoisotopic (exact) mass is 299 g/mol. The van der Waals surface area contributed by atoms with E-state index in [-0.39, 0.29) is 11.5 Å². The minimum Gasteiger partial charge on any atom is -0.507 e. The Bertz CT molecular complexity index is 665. The Balaban J connectivity index is 2.32. The first-order chi connectivity index (χ1) is 10.4. The molecule has 0 amide bonds. The van der Waals surface area contributed by atoms with E-state index in [9.17, 15) is 9.90 Å². The van der Waals surface area contributed by atoms with Crippen molar-refractivity contribution in [1.29, 1.82) is 0 Å². The van der Waals surface area contributed by atoms with Crippen molar-refractivity contribution >= 4 is 11.7 Å². The summed E-state index contributed by atoms with van der Waals surface area (Å²) in [7, 11) is 3.24. The van der Waals surface area contributed by atoms with Crippen LogP contribution in [0.5, 0.6) is 5.75 Å². The number of ketones is 1. The lowest BCUT2D eigenvalue weighted by molar-refractivity contribution is 0.0866. The molecule has 0 saturated carbocycles. The molecule has 1 aromatic carbocycles. The third kappa shape index (κ3) is 2.82. The highest BCUT2D eigenvalue weighted by atomic mass is 16.5. The van der Waals surface area contributed by atoms with Gasteiger partial charge in [-0.1, -0.05) is 30.4 Å². The normalized spacial score (nSPS) is 21.5. The molecule has 0 aromatic heterocycles. The van der Waals surface area contributed by atoms with Crippen molar-refractivity contribution in [3.05, 3.63) is 53.1 Å². The summed E-state index contributed by atoms with van der Waals surface area (Å²) in [4.78, 5) is 16.9. The van der Waals surface area contributed by atoms with Gasteiger partial charge >= 0.3 is 0 Å². The zero-order valence-electron chi connectivity index (χ0n) is 13.4. The van der Waals surface area contributed by atoms with Gasteiger partial charge < -0.3 is 9.84 Å². The number of carbonyl (C=O) groups is 1. The van der Waals surface area contributed by atoms with Gasteiger partial charge in [-0.25, -0.2) is 0 Å². The Hall–Kier alpha value is -2.36. The Labute approximate surface area is 130 Å². The molecule has 0 aliphatic heterocycles. The van der Waals surface area contributed by atoms with E-state index in [1.54, 1.807) is 26.3 Å². The van der Waals surface area contributed by atoms with Crippen molar-refractivity contribution in [3.8, 4) is 5.75 Å². The molecule has 2 rings (SSSR count). The number of nitrogens with zero attached hydrogens (tertiary/aromatic N) is 1. The second-order valence-corrected chi connectivity index (χ2v) is 5.65. The third-order valence-corrected chi connectivity index (χ3v) is 4.02. The molecule has 1 aliphatic rings. The van der Waals surface area contributed by atoms with Gasteiger partial charge in [0.2, 0.25) is 5.90 Å². The highest BCUT2D eigenvalue weighted by molar-refractivity contribution is 6.06. The number of aromatic hydroxyl groups is 1. The maximum atomic E-state index is 12.9. The first-order valence-corrected chi connectivity index (χ1v) is 7.17. The average Bonchev–Trinajstić information content (AvgIpc) is 2.50. The summed E-state index contributed by atoms with van der Waals surface area (Å²) in [6.07, 6.45) is 6.19. The van der Waals surface area contributed by atoms with Crippen molar-refractivity contribution < 1.29 is 14.6 Å². The van der Waals surface area contributed by atoms with Gasteiger partial charge in [0.25, 0.3) is 0 Å². The average molecular weight is 299 g/mol. The van der Waals surface area contributed by atoms with Gasteiger partial charge in [0.1, 0.15) is 5.75 Å². The number of Topliss-reactive ketones (excluding diaryl/α,β-unsaturated/α-hetero) is 1. The van der Waals surface area contributed by atoms with E-state index in [0.29, 0.717) is 17.9 Å². The molecule has 1 aromatic rings. The summed E-state index contributed by atoms with van der Waals surface area (Å²) in [5.74, 6) is 0.494. The van der Waals surface area contributed by atoms with Crippen LogP contribution in [0.2, 0.25) is 0 Å². The molecule has 4 nitrogen and oxygen atoms in total. The molecular weight excluding hydrogens is 278 g/mol. The van der Waals surface area contributed by atoms with Crippen molar-refractivity contribution in [2.24, 2.45) is 10.4 Å². The molecule has 0 radical (unpaired) electrons. The first-order valence-electron chi connectivity index (χ1n) is 7.17. The van der Waals surface area contributed by atoms with E-state index in [0.717, 1.165) is 11.1 Å². The molecule has 0 heterocycles. The van der Waals surface area contributed by atoms with Crippen LogP contribution in [0.15, 0.2) is 47.0 Å². The van der Waals surface area contributed by atoms with Crippen LogP contribution < -0.4 is 0 Å². The molecular formula is C18H21NO3. The Morgan fingerprint density at radius 1 is 1.41 bits per heavy atom. The van der Waals surface area contributed by atoms with Gasteiger partial charge in [-0.3, -0.25) is 9.79 Å². The van der Waals surface area contributed by atoms with E-state index in [1.807, 2.05) is 38.1 Å². The Kier molecular flexibility index (Phi) is 4.50. The third-order valence-electron chi connectivity index (χ3n) is 4.02. The van der Waals surface area contributed by atoms with Gasteiger partial charge in [-0.15, -0.1) is 0 Å². The first kappa shape index (κ1) is 16.0. The van der Waals surface area contributed by atoms with E-state index in [2.05, 4.69) is 4.99 Å². The summed E-state index contributed by atoms with van der Waals surface area (Å²) in [6, 6.07) is 5.11. The molecule has 0 fully saturated rings. The minimum absolute atomic E-state index is 0.0297. The molecule has 1 N–H and O–H groups in total. The number of rotatable bonds is 3. The second kappa shape index (κ2) is 6.18. The van der Waals surface area contributed by atoms with Crippen molar-refractivity contribution in [1.82, 2.24) is 0 Å². The zero-order chi connectivity index (χ0) is 16.3. The number of allylic oxidation sites excluding steroid dienone is 2. The predicted molar refractivity (Wildman–Crippen MR) is 87.5 cm³/mol. The van der Waals surface area contributed by atoms with Crippen LogP contribution in [0.4, 0.5) is 0 Å². The molecule has 0 spiro atoms. The number of aliphatic imine (C=N–C) groups is 1. The van der Waals surface area contributed by atoms with E-state index in [1.165, 1.54) is 0 Å². The molecule has 0 saturated heterocycles. The minimum atomic E-state index is -0.681. The van der Waals surface area contributed by atoms with E-state index < -0.39 is 5.41 Å². The summed E-state index contributed by atoms with van der Waals surface area (Å²) in [5, 5.41) is 10.0. The van der Waals surface area contributed by atoms with Crippen LogP contribution in [0.3, 0.4) is 0 Å².